The van der Waals surface area contributed by atoms with E-state index >= 15 is 0 Å². The summed E-state index contributed by atoms with van der Waals surface area (Å²) in [6, 6.07) is 4.86. The molecular formula is C21H28N2O6S2Si. The van der Waals surface area contributed by atoms with Gasteiger partial charge in [-0.1, -0.05) is 44.8 Å². The summed E-state index contributed by atoms with van der Waals surface area (Å²) in [5.41, 5.74) is 0.573. The number of carbonyl (C=O) groups is 2. The monoisotopic (exact) mass is 496 g/mol. The van der Waals surface area contributed by atoms with Crippen LogP contribution in [0.25, 0.3) is 0 Å². The van der Waals surface area contributed by atoms with E-state index in [4.69, 9.17) is 21.4 Å². The molecule has 11 heteroatoms. The fraction of sp³-hybridized carbons (Fsp3) is 0.571. The quantitative estimate of drug-likeness (QED) is 0.138. The number of amides is 1. The van der Waals surface area contributed by atoms with Gasteiger partial charge in [0.25, 0.3) is 5.69 Å². The second-order valence-corrected chi connectivity index (χ2v) is 16.2. The van der Waals surface area contributed by atoms with E-state index in [1.807, 2.05) is 6.92 Å². The predicted octanol–water partition coefficient (Wildman–Crippen LogP) is 4.28. The Balaban J connectivity index is 1.62. The Hall–Kier alpha value is -1.82. The third-order valence-corrected chi connectivity index (χ3v) is 12.7. The second-order valence-electron chi connectivity index (χ2n) is 9.62. The summed E-state index contributed by atoms with van der Waals surface area (Å²) in [6.07, 6.45) is -0.269. The number of rotatable bonds is 7. The number of ether oxygens (including phenoxy) is 1. The van der Waals surface area contributed by atoms with E-state index in [0.717, 1.165) is 0 Å². The molecule has 0 saturated carbocycles. The van der Waals surface area contributed by atoms with Crippen LogP contribution >= 0.6 is 24.0 Å². The van der Waals surface area contributed by atoms with Gasteiger partial charge in [-0.25, -0.2) is 4.79 Å². The molecule has 0 aliphatic carbocycles. The number of non-ortho nitro benzene ring substituents is 1. The third kappa shape index (κ3) is 4.61. The van der Waals surface area contributed by atoms with Gasteiger partial charge in [0.1, 0.15) is 6.61 Å². The Kier molecular flexibility index (Phi) is 6.86. The van der Waals surface area contributed by atoms with E-state index in [2.05, 4.69) is 33.9 Å². The van der Waals surface area contributed by atoms with E-state index in [9.17, 15) is 19.7 Å². The van der Waals surface area contributed by atoms with Crippen LogP contribution in [0.4, 0.5) is 5.69 Å². The summed E-state index contributed by atoms with van der Waals surface area (Å²) in [5, 5.41) is 10.5. The molecule has 8 nitrogen and oxygen atoms in total. The molecule has 0 bridgehead atoms. The van der Waals surface area contributed by atoms with Gasteiger partial charge in [-0.15, -0.1) is 0 Å². The molecule has 1 aromatic carbocycles. The first-order chi connectivity index (χ1) is 14.7. The number of thioether (sulfide) groups is 1. The van der Waals surface area contributed by atoms with Gasteiger partial charge in [0, 0.05) is 12.1 Å². The number of hydrogen-bond acceptors (Lipinski definition) is 8. The number of nitrogens with zero attached hydrogens (tertiary/aromatic N) is 2. The average Bonchev–Trinajstić information content (AvgIpc) is 2.97. The number of esters is 1. The minimum absolute atomic E-state index is 0.0239. The number of thiocarbonyl (C=S) groups is 1. The van der Waals surface area contributed by atoms with Crippen LogP contribution in [0.1, 0.15) is 33.3 Å². The number of nitro groups is 1. The number of nitro benzene ring substituents is 1. The molecule has 0 N–H and O–H groups in total. The zero-order valence-electron chi connectivity index (χ0n) is 19.0. The van der Waals surface area contributed by atoms with Gasteiger partial charge in [0.05, 0.1) is 26.5 Å². The van der Waals surface area contributed by atoms with E-state index in [0.29, 0.717) is 9.76 Å². The Labute approximate surface area is 198 Å². The Morgan fingerprint density at radius 1 is 1.31 bits per heavy atom. The second kappa shape index (κ2) is 8.84. The number of hydrogen-bond donors (Lipinski definition) is 0. The zero-order chi connectivity index (χ0) is 24.0. The maximum absolute atomic E-state index is 13.0. The van der Waals surface area contributed by atoms with Crippen LogP contribution in [0.15, 0.2) is 24.3 Å². The van der Waals surface area contributed by atoms with Crippen molar-refractivity contribution in [3.05, 3.63) is 39.9 Å². The first-order valence-electron chi connectivity index (χ1n) is 10.3. The third-order valence-electron chi connectivity index (χ3n) is 6.40. The van der Waals surface area contributed by atoms with E-state index in [-0.39, 0.29) is 40.6 Å². The molecule has 174 valence electrons. The summed E-state index contributed by atoms with van der Waals surface area (Å²) in [4.78, 5) is 37.5. The van der Waals surface area contributed by atoms with E-state index < -0.39 is 25.3 Å². The van der Waals surface area contributed by atoms with Gasteiger partial charge in [-0.05, 0) is 42.8 Å². The van der Waals surface area contributed by atoms with Crippen molar-refractivity contribution in [1.29, 1.82) is 0 Å². The van der Waals surface area contributed by atoms with E-state index in [1.54, 1.807) is 0 Å². The van der Waals surface area contributed by atoms with Crippen molar-refractivity contribution in [1.82, 2.24) is 4.90 Å². The van der Waals surface area contributed by atoms with Crippen LogP contribution in [0.3, 0.4) is 0 Å². The lowest BCUT2D eigenvalue weighted by molar-refractivity contribution is -0.384. The molecule has 1 aromatic rings. The van der Waals surface area contributed by atoms with Crippen LogP contribution < -0.4 is 0 Å². The molecule has 3 rings (SSSR count). The van der Waals surface area contributed by atoms with Crippen LogP contribution in [0, 0.1) is 16.0 Å². The van der Waals surface area contributed by atoms with E-state index in [1.165, 1.54) is 40.9 Å². The molecule has 0 spiro atoms. The molecule has 32 heavy (non-hydrogen) atoms. The molecule has 0 radical (unpaired) electrons. The molecular weight excluding hydrogens is 468 g/mol. The molecule has 0 aromatic heterocycles. The lowest BCUT2D eigenvalue weighted by atomic mass is 9.91. The molecule has 2 saturated heterocycles. The van der Waals surface area contributed by atoms with Gasteiger partial charge in [-0.2, -0.15) is 0 Å². The fourth-order valence-electron chi connectivity index (χ4n) is 3.52. The largest absolute Gasteiger partial charge is 0.459 e. The lowest BCUT2D eigenvalue weighted by Gasteiger charge is -2.48. The Morgan fingerprint density at radius 3 is 2.44 bits per heavy atom. The smallest absolute Gasteiger partial charge is 0.335 e. The summed E-state index contributed by atoms with van der Waals surface area (Å²) in [5.74, 6) is -1.08. The Morgan fingerprint density at radius 2 is 1.91 bits per heavy atom. The SMILES string of the molecule is CC(O[Si](C)(C)C(C)(C)C)C1C(=O)N2C(C(=O)OCc3ccc([N+](=O)[O-])cc3)C(=S)SC12. The number of carbonyl (C=O) groups excluding carboxylic acids is 2. The summed E-state index contributed by atoms with van der Waals surface area (Å²) >= 11 is 6.76. The van der Waals surface area contributed by atoms with Gasteiger partial charge in [0.2, 0.25) is 5.91 Å². The van der Waals surface area contributed by atoms with Crippen molar-refractivity contribution < 1.29 is 23.7 Å². The normalized spacial score (nSPS) is 24.1. The fourth-order valence-corrected chi connectivity index (χ4v) is 6.85. The topological polar surface area (TPSA) is 99.0 Å². The van der Waals surface area contributed by atoms with Gasteiger partial charge in [-0.3, -0.25) is 14.9 Å². The Bertz CT molecular complexity index is 947. The van der Waals surface area contributed by atoms with Gasteiger partial charge in [0.15, 0.2) is 14.4 Å². The maximum Gasteiger partial charge on any atom is 0.335 e. The predicted molar refractivity (Wildman–Crippen MR) is 129 cm³/mol. The minimum atomic E-state index is -2.05. The zero-order valence-corrected chi connectivity index (χ0v) is 21.6. The first kappa shape index (κ1) is 24.8. The highest BCUT2D eigenvalue weighted by Crippen LogP contribution is 2.48. The van der Waals surface area contributed by atoms with Gasteiger partial charge >= 0.3 is 5.97 Å². The van der Waals surface area contributed by atoms with Crippen molar-refractivity contribution in [2.75, 3.05) is 0 Å². The van der Waals surface area contributed by atoms with Crippen LogP contribution in [0.2, 0.25) is 18.1 Å². The van der Waals surface area contributed by atoms with Crippen LogP contribution in [-0.4, -0.2) is 51.7 Å². The minimum Gasteiger partial charge on any atom is -0.459 e. The lowest BCUT2D eigenvalue weighted by Crippen LogP contribution is -2.65. The molecule has 2 heterocycles. The van der Waals surface area contributed by atoms with Crippen molar-refractivity contribution >= 4 is 54.1 Å². The highest BCUT2D eigenvalue weighted by atomic mass is 32.2. The van der Waals surface area contributed by atoms with Gasteiger partial charge < -0.3 is 14.1 Å². The van der Waals surface area contributed by atoms with Crippen LogP contribution in [-0.2, 0) is 25.4 Å². The standard InChI is InChI=1S/C21H28N2O6S2Si/c1-12(29-32(5,6)21(2,3)4)15-17(24)22-16(20(30)31-18(15)22)19(25)28-11-13-7-9-14(10-8-13)23(26)27/h7-10,12,15-16,18H,11H2,1-6H3. The van der Waals surface area contributed by atoms with Crippen molar-refractivity contribution in [2.45, 2.75) is 70.0 Å². The van der Waals surface area contributed by atoms with Crippen molar-refractivity contribution in [3.8, 4) is 0 Å². The average molecular weight is 497 g/mol. The molecule has 1 amide bonds. The summed E-state index contributed by atoms with van der Waals surface area (Å²) in [7, 11) is -2.05. The number of benzene rings is 1. The number of fused-ring (bicyclic) bond motifs is 1. The van der Waals surface area contributed by atoms with Crippen LogP contribution in [0.5, 0.6) is 0 Å². The van der Waals surface area contributed by atoms with Crippen molar-refractivity contribution in [2.24, 2.45) is 5.92 Å². The highest BCUT2D eigenvalue weighted by Gasteiger charge is 2.61. The summed E-state index contributed by atoms with van der Waals surface area (Å²) < 4.78 is 12.2. The summed E-state index contributed by atoms with van der Waals surface area (Å²) in [6.45, 7) is 12.6. The number of β-lactam (4-membered cyclic amide) rings is 1. The molecule has 2 fully saturated rings. The van der Waals surface area contributed by atoms with Crippen molar-refractivity contribution in [3.63, 3.8) is 0 Å². The molecule has 4 unspecified atom stereocenters. The molecule has 2 aliphatic rings. The maximum atomic E-state index is 13.0. The molecule has 2 aliphatic heterocycles. The first-order valence-corrected chi connectivity index (χ1v) is 14.5. The molecule has 4 atom stereocenters. The highest BCUT2D eigenvalue weighted by molar-refractivity contribution is 8.24.